The molecule has 4 saturated heterocycles. The van der Waals surface area contributed by atoms with Crippen LogP contribution in [0.5, 0.6) is 0 Å². The monoisotopic (exact) mass is 1020 g/mol. The minimum Gasteiger partial charge on any atom is -0.469 e. The highest BCUT2D eigenvalue weighted by Gasteiger charge is 2.38. The van der Waals surface area contributed by atoms with Crippen LogP contribution in [0.25, 0.3) is 0 Å². The topological polar surface area (TPSA) is 309 Å². The second-order valence-corrected chi connectivity index (χ2v) is 18.1. The molecule has 0 aromatic rings. The third-order valence-electron chi connectivity index (χ3n) is 13.2. The van der Waals surface area contributed by atoms with Gasteiger partial charge in [-0.2, -0.15) is 0 Å². The highest BCUT2D eigenvalue weighted by molar-refractivity contribution is 5.89. The van der Waals surface area contributed by atoms with Gasteiger partial charge in [-0.05, 0) is 0 Å². The van der Waals surface area contributed by atoms with Gasteiger partial charge in [0, 0.05) is 169 Å². The van der Waals surface area contributed by atoms with Crippen LogP contribution in [0.2, 0.25) is 0 Å². The Bertz CT molecular complexity index is 1700. The molecule has 0 spiro atoms. The van der Waals surface area contributed by atoms with E-state index in [0.29, 0.717) is 13.1 Å². The number of likely N-dealkylation sites (tertiary alicyclic amines) is 4. The van der Waals surface area contributed by atoms with E-state index in [2.05, 4.69) is 21.3 Å². The van der Waals surface area contributed by atoms with Gasteiger partial charge in [-0.3, -0.25) is 57.5 Å². The number of rotatable bonds is 31. The van der Waals surface area contributed by atoms with Crippen molar-refractivity contribution in [1.82, 2.24) is 50.7 Å². The van der Waals surface area contributed by atoms with Crippen molar-refractivity contribution in [3.8, 4) is 0 Å². The number of nitrogens with zero attached hydrogens (tertiary/aromatic N) is 6. The van der Waals surface area contributed by atoms with E-state index < -0.39 is 47.5 Å². The van der Waals surface area contributed by atoms with Crippen LogP contribution in [-0.4, -0.2) is 247 Å². The van der Waals surface area contributed by atoms with Gasteiger partial charge in [0.05, 0.1) is 52.1 Å². The summed E-state index contributed by atoms with van der Waals surface area (Å²) < 4.78 is 19.1. The van der Waals surface area contributed by atoms with Crippen molar-refractivity contribution in [1.29, 1.82) is 0 Å². The van der Waals surface area contributed by atoms with Crippen LogP contribution in [0.3, 0.4) is 0 Å². The molecule has 0 bridgehead atoms. The fraction of sp³-hybridized carbons (Fsp3) is 0.739. The van der Waals surface area contributed by atoms with Gasteiger partial charge in [0.25, 0.3) is 0 Å². The summed E-state index contributed by atoms with van der Waals surface area (Å²) in [6, 6.07) is 0. The Labute approximate surface area is 418 Å². The maximum atomic E-state index is 13.1. The maximum Gasteiger partial charge on any atom is 0.310 e. The van der Waals surface area contributed by atoms with Crippen molar-refractivity contribution in [3.63, 3.8) is 0 Å². The minimum atomic E-state index is -0.569. The Kier molecular flexibility index (Phi) is 24.1. The number of carbonyl (C=O) groups excluding carboxylic acids is 12. The lowest BCUT2D eigenvalue weighted by molar-refractivity contribution is -0.145. The normalized spacial score (nSPS) is 19.8. The molecule has 4 aliphatic heterocycles. The van der Waals surface area contributed by atoms with Gasteiger partial charge < -0.3 is 69.6 Å². The van der Waals surface area contributed by atoms with Gasteiger partial charge in [0.1, 0.15) is 0 Å². The Morgan fingerprint density at radius 1 is 0.389 bits per heavy atom. The van der Waals surface area contributed by atoms with Gasteiger partial charge in [-0.15, -0.1) is 0 Å². The number of hydrogen-bond donors (Lipinski definition) is 4. The number of hydrogen-bond acceptors (Lipinski definition) is 18. The third-order valence-corrected chi connectivity index (χ3v) is 13.2. The molecule has 8 amide bonds. The second kappa shape index (κ2) is 29.8. The van der Waals surface area contributed by atoms with Gasteiger partial charge in [-0.1, -0.05) is 0 Å². The lowest BCUT2D eigenvalue weighted by Gasteiger charge is -2.28. The zero-order valence-electron chi connectivity index (χ0n) is 41.9. The first-order valence-electron chi connectivity index (χ1n) is 24.4. The van der Waals surface area contributed by atoms with Crippen molar-refractivity contribution in [2.24, 2.45) is 23.7 Å². The zero-order valence-corrected chi connectivity index (χ0v) is 41.9. The largest absolute Gasteiger partial charge is 0.469 e. The van der Waals surface area contributed by atoms with Crippen molar-refractivity contribution in [3.05, 3.63) is 0 Å². The van der Waals surface area contributed by atoms with E-state index in [4.69, 9.17) is 18.9 Å². The SMILES string of the molecule is COC(=O)C1CC(=O)N(CCNC(=O)CCN(CCC(=O)NCCN2CC(C(=O)OC)CC2=O)CCN(CCC(=O)NCCN2CC(C(=O)OC)CC2=O)CCC(=O)NCCN2CC(C(=O)OC)CC2=O)C1. The van der Waals surface area contributed by atoms with Gasteiger partial charge in [0.15, 0.2) is 0 Å². The molecule has 4 rings (SSSR count). The summed E-state index contributed by atoms with van der Waals surface area (Å²) in [5.41, 5.74) is 0. The molecule has 4 atom stereocenters. The molecule has 72 heavy (non-hydrogen) atoms. The smallest absolute Gasteiger partial charge is 0.310 e. The number of ether oxygens (including phenoxy) is 4. The average molecular weight is 1020 g/mol. The summed E-state index contributed by atoms with van der Waals surface area (Å²) in [5, 5.41) is 11.2. The molecule has 0 saturated carbocycles. The van der Waals surface area contributed by atoms with Crippen molar-refractivity contribution >= 4 is 71.1 Å². The van der Waals surface area contributed by atoms with E-state index >= 15 is 0 Å². The summed E-state index contributed by atoms with van der Waals surface area (Å²) in [4.78, 5) is 160. The van der Waals surface area contributed by atoms with E-state index in [1.807, 2.05) is 9.80 Å². The number of methoxy groups -OCH3 is 4. The van der Waals surface area contributed by atoms with Gasteiger partial charge in [-0.25, -0.2) is 0 Å². The van der Waals surface area contributed by atoms with Gasteiger partial charge in [0.2, 0.25) is 47.3 Å². The predicted molar refractivity (Wildman–Crippen MR) is 250 cm³/mol. The maximum absolute atomic E-state index is 13.1. The summed E-state index contributed by atoms with van der Waals surface area (Å²) >= 11 is 0. The van der Waals surface area contributed by atoms with E-state index in [0.717, 1.165) is 0 Å². The number of carbonyl (C=O) groups is 12. The summed E-state index contributed by atoms with van der Waals surface area (Å²) in [7, 11) is 5.03. The number of nitrogens with one attached hydrogen (secondary N) is 4. The Morgan fingerprint density at radius 3 is 0.792 bits per heavy atom. The summed E-state index contributed by atoms with van der Waals surface area (Å²) in [5.74, 6) is -6.33. The van der Waals surface area contributed by atoms with Gasteiger partial charge >= 0.3 is 23.9 Å². The van der Waals surface area contributed by atoms with Crippen LogP contribution >= 0.6 is 0 Å². The summed E-state index contributed by atoms with van der Waals surface area (Å²) in [6.07, 6.45) is 0.195. The zero-order chi connectivity index (χ0) is 52.7. The number of amides is 8. The third kappa shape index (κ3) is 19.0. The van der Waals surface area contributed by atoms with Crippen LogP contribution in [0, 0.1) is 23.7 Å². The molecule has 402 valence electrons. The molecular weight excluding hydrogens is 949 g/mol. The van der Waals surface area contributed by atoms with E-state index in [1.54, 1.807) is 0 Å². The molecule has 4 heterocycles. The Morgan fingerprint density at radius 2 is 0.597 bits per heavy atom. The molecule has 4 N–H and O–H groups in total. The number of esters is 4. The molecule has 4 fully saturated rings. The highest BCUT2D eigenvalue weighted by Crippen LogP contribution is 2.21. The van der Waals surface area contributed by atoms with Crippen LogP contribution in [0.4, 0.5) is 0 Å². The van der Waals surface area contributed by atoms with Crippen molar-refractivity contribution in [2.75, 3.05) is 146 Å². The van der Waals surface area contributed by atoms with Crippen LogP contribution in [-0.2, 0) is 76.5 Å². The highest BCUT2D eigenvalue weighted by atomic mass is 16.5. The van der Waals surface area contributed by atoms with Crippen molar-refractivity contribution in [2.45, 2.75) is 51.4 Å². The molecule has 4 unspecified atom stereocenters. The quantitative estimate of drug-likeness (QED) is 0.0377. The molecule has 0 aliphatic carbocycles. The minimum absolute atomic E-state index is 0.0173. The molecule has 0 aromatic heterocycles. The Hall–Kier alpha value is -6.44. The van der Waals surface area contributed by atoms with E-state index in [9.17, 15) is 57.5 Å². The standard InChI is InChI=1S/C46H72N10O16/c1-69-43(65)31-23-39(61)53(27-31)17-9-47-35(57)5-13-51(14-6-36(58)48-10-18-54-28-32(24-40(54)62)44(66)70-2)21-22-52(15-7-37(59)49-11-19-55-29-33(25-41(55)63)45(67)71-3)16-8-38(60)50-12-20-56-30-34(26-42(56)64)46(68)72-4/h31-34H,5-30H2,1-4H3,(H,47,57)(H,48,58)(H,49,59)(H,50,60). The van der Waals surface area contributed by atoms with Crippen molar-refractivity contribution < 1.29 is 76.5 Å². The average Bonchev–Trinajstić information content (AvgIpc) is 4.15. The molecule has 26 heteroatoms. The first-order valence-corrected chi connectivity index (χ1v) is 24.4. The predicted octanol–water partition coefficient (Wildman–Crippen LogP) is -4.30. The molecule has 26 nitrogen and oxygen atoms in total. The van der Waals surface area contributed by atoms with Crippen LogP contribution in [0.1, 0.15) is 51.4 Å². The molecule has 0 aromatic carbocycles. The molecule has 4 aliphatic rings. The molecule has 0 radical (unpaired) electrons. The van der Waals surface area contributed by atoms with Crippen LogP contribution in [0.15, 0.2) is 0 Å². The second-order valence-electron chi connectivity index (χ2n) is 18.1. The lowest BCUT2D eigenvalue weighted by Crippen LogP contribution is -2.43. The van der Waals surface area contributed by atoms with Crippen LogP contribution < -0.4 is 21.3 Å². The van der Waals surface area contributed by atoms with E-state index in [-0.39, 0.29) is 203 Å². The lowest BCUT2D eigenvalue weighted by atomic mass is 10.1. The van der Waals surface area contributed by atoms with E-state index in [1.165, 1.54) is 48.0 Å². The fourth-order valence-electron chi connectivity index (χ4n) is 8.92. The first-order chi connectivity index (χ1) is 34.4. The molecular formula is C46H72N10O16. The summed E-state index contributed by atoms with van der Waals surface area (Å²) in [6.45, 7) is 3.54. The first kappa shape index (κ1) is 58.1. The Balaban J connectivity index is 1.34. The fourth-order valence-corrected chi connectivity index (χ4v) is 8.92.